The average molecular weight is 236 g/mol. The summed E-state index contributed by atoms with van der Waals surface area (Å²) in [5.41, 5.74) is 15.0. The first kappa shape index (κ1) is 10.5. The van der Waals surface area contributed by atoms with Gasteiger partial charge in [-0.05, 0) is 30.3 Å². The molecule has 4 N–H and O–H groups in total. The van der Waals surface area contributed by atoms with E-state index in [-0.39, 0.29) is 0 Å². The fourth-order valence-corrected chi connectivity index (χ4v) is 1.90. The molecule has 0 bridgehead atoms. The van der Waals surface area contributed by atoms with Gasteiger partial charge in [0.25, 0.3) is 0 Å². The van der Waals surface area contributed by atoms with Crippen molar-refractivity contribution >= 4 is 22.4 Å². The van der Waals surface area contributed by atoms with Crippen LogP contribution in [-0.2, 0) is 0 Å². The van der Waals surface area contributed by atoms with E-state index in [0.29, 0.717) is 5.82 Å². The molecule has 4 nitrogen and oxygen atoms in total. The number of hydrogen-bond acceptors (Lipinski definition) is 4. The molecule has 2 heterocycles. The topological polar surface area (TPSA) is 77.8 Å². The maximum Gasteiger partial charge on any atom is 0.133 e. The van der Waals surface area contributed by atoms with E-state index in [9.17, 15) is 0 Å². The molecule has 3 rings (SSSR count). The van der Waals surface area contributed by atoms with Crippen molar-refractivity contribution in [3.05, 3.63) is 48.7 Å². The molecular weight excluding hydrogens is 224 g/mol. The van der Waals surface area contributed by atoms with E-state index in [2.05, 4.69) is 9.97 Å². The molecule has 88 valence electrons. The molecule has 0 saturated carbocycles. The number of nitrogen functional groups attached to an aromatic ring is 2. The van der Waals surface area contributed by atoms with E-state index in [4.69, 9.17) is 11.5 Å². The predicted molar refractivity (Wildman–Crippen MR) is 73.8 cm³/mol. The third-order valence-corrected chi connectivity index (χ3v) is 2.84. The third kappa shape index (κ3) is 1.73. The SMILES string of the molecule is Nc1ccc(-c2cc3ncccc3c(N)n2)cc1. The first-order valence-corrected chi connectivity index (χ1v) is 5.61. The molecule has 0 atom stereocenters. The third-order valence-electron chi connectivity index (χ3n) is 2.84. The van der Waals surface area contributed by atoms with Crippen LogP contribution in [0.5, 0.6) is 0 Å². The molecule has 3 aromatic rings. The van der Waals surface area contributed by atoms with Gasteiger partial charge in [0.15, 0.2) is 0 Å². The molecule has 0 unspecified atom stereocenters. The largest absolute Gasteiger partial charge is 0.399 e. The number of fused-ring (bicyclic) bond motifs is 1. The standard InChI is InChI=1S/C14H12N4/c15-10-5-3-9(4-6-10)12-8-13-11(14(16)18-12)2-1-7-17-13/h1-8H,15H2,(H2,16,18). The van der Waals surface area contributed by atoms with Gasteiger partial charge in [-0.25, -0.2) is 4.98 Å². The smallest absolute Gasteiger partial charge is 0.133 e. The number of hydrogen-bond donors (Lipinski definition) is 2. The summed E-state index contributed by atoms with van der Waals surface area (Å²) in [7, 11) is 0. The second-order valence-electron chi connectivity index (χ2n) is 4.08. The predicted octanol–water partition coefficient (Wildman–Crippen LogP) is 2.46. The van der Waals surface area contributed by atoms with Crippen molar-refractivity contribution in [1.29, 1.82) is 0 Å². The second-order valence-corrected chi connectivity index (χ2v) is 4.08. The minimum Gasteiger partial charge on any atom is -0.399 e. The summed E-state index contributed by atoms with van der Waals surface area (Å²) < 4.78 is 0. The van der Waals surface area contributed by atoms with Gasteiger partial charge in [0.05, 0.1) is 11.2 Å². The Labute approximate surface area is 104 Å². The number of rotatable bonds is 1. The highest BCUT2D eigenvalue weighted by atomic mass is 14.9. The Morgan fingerprint density at radius 3 is 2.50 bits per heavy atom. The van der Waals surface area contributed by atoms with E-state index in [1.54, 1.807) is 6.20 Å². The summed E-state index contributed by atoms with van der Waals surface area (Å²) in [5, 5.41) is 0.872. The highest BCUT2D eigenvalue weighted by Gasteiger charge is 2.05. The number of pyridine rings is 2. The van der Waals surface area contributed by atoms with Crippen molar-refractivity contribution in [1.82, 2.24) is 9.97 Å². The summed E-state index contributed by atoms with van der Waals surface area (Å²) >= 11 is 0. The molecule has 0 radical (unpaired) electrons. The molecule has 18 heavy (non-hydrogen) atoms. The zero-order valence-corrected chi connectivity index (χ0v) is 9.67. The molecule has 0 saturated heterocycles. The monoisotopic (exact) mass is 236 g/mol. The van der Waals surface area contributed by atoms with Crippen molar-refractivity contribution in [3.8, 4) is 11.3 Å². The van der Waals surface area contributed by atoms with Crippen molar-refractivity contribution in [2.24, 2.45) is 0 Å². The number of nitrogens with two attached hydrogens (primary N) is 2. The van der Waals surface area contributed by atoms with Gasteiger partial charge in [-0.15, -0.1) is 0 Å². The lowest BCUT2D eigenvalue weighted by Gasteiger charge is -2.06. The van der Waals surface area contributed by atoms with Crippen LogP contribution < -0.4 is 11.5 Å². The molecule has 0 spiro atoms. The van der Waals surface area contributed by atoms with E-state index in [0.717, 1.165) is 27.8 Å². The quantitative estimate of drug-likeness (QED) is 0.636. The lowest BCUT2D eigenvalue weighted by molar-refractivity contribution is 1.33. The highest BCUT2D eigenvalue weighted by molar-refractivity contribution is 5.90. The maximum atomic E-state index is 5.95. The van der Waals surface area contributed by atoms with Crippen LogP contribution in [0.3, 0.4) is 0 Å². The van der Waals surface area contributed by atoms with Crippen LogP contribution >= 0.6 is 0 Å². The van der Waals surface area contributed by atoms with Gasteiger partial charge >= 0.3 is 0 Å². The maximum absolute atomic E-state index is 5.95. The highest BCUT2D eigenvalue weighted by Crippen LogP contribution is 2.25. The molecular formula is C14H12N4. The Bertz CT molecular complexity index is 705. The fraction of sp³-hybridized carbons (Fsp3) is 0. The zero-order valence-electron chi connectivity index (χ0n) is 9.67. The minimum absolute atomic E-state index is 0.493. The van der Waals surface area contributed by atoms with Gasteiger partial charge in [0.1, 0.15) is 5.82 Å². The summed E-state index contributed by atoms with van der Waals surface area (Å²) in [5.74, 6) is 0.493. The van der Waals surface area contributed by atoms with Crippen molar-refractivity contribution in [3.63, 3.8) is 0 Å². The Balaban J connectivity index is 2.21. The molecule has 4 heteroatoms. The Morgan fingerprint density at radius 2 is 1.72 bits per heavy atom. The van der Waals surface area contributed by atoms with Crippen LogP contribution in [-0.4, -0.2) is 9.97 Å². The van der Waals surface area contributed by atoms with Crippen LogP contribution in [0.15, 0.2) is 48.7 Å². The van der Waals surface area contributed by atoms with E-state index in [1.807, 2.05) is 42.5 Å². The van der Waals surface area contributed by atoms with Gasteiger partial charge in [-0.2, -0.15) is 0 Å². The van der Waals surface area contributed by atoms with Gasteiger partial charge in [0, 0.05) is 22.8 Å². The average Bonchev–Trinajstić information content (AvgIpc) is 2.39. The summed E-state index contributed by atoms with van der Waals surface area (Å²) in [6, 6.07) is 13.2. The lowest BCUT2D eigenvalue weighted by Crippen LogP contribution is -1.95. The van der Waals surface area contributed by atoms with Crippen LogP contribution in [0.1, 0.15) is 0 Å². The minimum atomic E-state index is 0.493. The van der Waals surface area contributed by atoms with Gasteiger partial charge < -0.3 is 11.5 Å². The van der Waals surface area contributed by atoms with Crippen LogP contribution in [0.4, 0.5) is 11.5 Å². The van der Waals surface area contributed by atoms with Crippen LogP contribution in [0.25, 0.3) is 22.2 Å². The first-order chi connectivity index (χ1) is 8.74. The van der Waals surface area contributed by atoms with Gasteiger partial charge in [-0.1, -0.05) is 12.1 Å². The van der Waals surface area contributed by atoms with Crippen molar-refractivity contribution < 1.29 is 0 Å². The van der Waals surface area contributed by atoms with Gasteiger partial charge in [0.2, 0.25) is 0 Å². The molecule has 0 amide bonds. The number of anilines is 2. The Morgan fingerprint density at radius 1 is 0.944 bits per heavy atom. The molecule has 0 aliphatic rings. The second kappa shape index (κ2) is 4.00. The number of nitrogens with zero attached hydrogens (tertiary/aromatic N) is 2. The van der Waals surface area contributed by atoms with Crippen LogP contribution in [0.2, 0.25) is 0 Å². The Hall–Kier alpha value is -2.62. The molecule has 2 aromatic heterocycles. The summed E-state index contributed by atoms with van der Waals surface area (Å²) in [4.78, 5) is 8.70. The molecule has 1 aromatic carbocycles. The fourth-order valence-electron chi connectivity index (χ4n) is 1.90. The van der Waals surface area contributed by atoms with E-state index in [1.165, 1.54) is 0 Å². The summed E-state index contributed by atoms with van der Waals surface area (Å²) in [6.45, 7) is 0. The van der Waals surface area contributed by atoms with Crippen LogP contribution in [0, 0.1) is 0 Å². The van der Waals surface area contributed by atoms with Crippen molar-refractivity contribution in [2.45, 2.75) is 0 Å². The number of benzene rings is 1. The number of aromatic nitrogens is 2. The Kier molecular flexibility index (Phi) is 2.34. The van der Waals surface area contributed by atoms with E-state index >= 15 is 0 Å². The van der Waals surface area contributed by atoms with Gasteiger partial charge in [-0.3, -0.25) is 4.98 Å². The zero-order chi connectivity index (χ0) is 12.5. The molecule has 0 aliphatic carbocycles. The summed E-state index contributed by atoms with van der Waals surface area (Å²) in [6.07, 6.45) is 1.74. The molecule has 0 fully saturated rings. The lowest BCUT2D eigenvalue weighted by atomic mass is 10.1. The van der Waals surface area contributed by atoms with E-state index < -0.39 is 0 Å². The first-order valence-electron chi connectivity index (χ1n) is 5.61. The molecule has 0 aliphatic heterocycles. The van der Waals surface area contributed by atoms with Crippen molar-refractivity contribution in [2.75, 3.05) is 11.5 Å². The normalized spacial score (nSPS) is 10.7.